The minimum absolute atomic E-state index is 0.0502. The molecule has 0 atom stereocenters. The predicted octanol–water partition coefficient (Wildman–Crippen LogP) is 1.57. The highest BCUT2D eigenvalue weighted by Crippen LogP contribution is 2.29. The van der Waals surface area contributed by atoms with Crippen molar-refractivity contribution in [3.63, 3.8) is 0 Å². The zero-order valence-corrected chi connectivity index (χ0v) is 14.1. The van der Waals surface area contributed by atoms with Crippen LogP contribution in [-0.4, -0.2) is 51.2 Å². The van der Waals surface area contributed by atoms with Gasteiger partial charge in [-0.2, -0.15) is 0 Å². The van der Waals surface area contributed by atoms with Gasteiger partial charge in [0.05, 0.1) is 17.7 Å². The Hall–Kier alpha value is -2.34. The van der Waals surface area contributed by atoms with Crippen molar-refractivity contribution in [2.24, 2.45) is 0 Å². The molecule has 1 aromatic heterocycles. The van der Waals surface area contributed by atoms with E-state index >= 15 is 0 Å². The van der Waals surface area contributed by atoms with Crippen LogP contribution >= 0.6 is 0 Å². The SMILES string of the molecule is Cc1ccc(N2CCN(C)CC2)c2oc(CCOC=O)cc(=O)c12. The lowest BCUT2D eigenvalue weighted by Crippen LogP contribution is -2.44. The fourth-order valence-electron chi connectivity index (χ4n) is 3.09. The fourth-order valence-corrected chi connectivity index (χ4v) is 3.09. The zero-order chi connectivity index (χ0) is 17.1. The molecule has 0 bridgehead atoms. The molecule has 1 aliphatic heterocycles. The molecule has 1 aliphatic rings. The minimum atomic E-state index is -0.0502. The Labute approximate surface area is 140 Å². The highest BCUT2D eigenvalue weighted by atomic mass is 16.5. The van der Waals surface area contributed by atoms with Gasteiger partial charge >= 0.3 is 0 Å². The van der Waals surface area contributed by atoms with Gasteiger partial charge in [0.15, 0.2) is 11.0 Å². The van der Waals surface area contributed by atoms with Crippen LogP contribution in [0.15, 0.2) is 27.4 Å². The van der Waals surface area contributed by atoms with E-state index in [4.69, 9.17) is 9.15 Å². The monoisotopic (exact) mass is 330 g/mol. The number of carbonyl (C=O) groups is 1. The smallest absolute Gasteiger partial charge is 0.293 e. The number of anilines is 1. The van der Waals surface area contributed by atoms with Crippen molar-refractivity contribution in [2.45, 2.75) is 13.3 Å². The van der Waals surface area contributed by atoms with Gasteiger partial charge in [0.1, 0.15) is 5.76 Å². The number of aryl methyl sites for hydroxylation is 1. The Morgan fingerprint density at radius 1 is 1.25 bits per heavy atom. The number of hydrogen-bond acceptors (Lipinski definition) is 6. The first-order valence-electron chi connectivity index (χ1n) is 8.15. The van der Waals surface area contributed by atoms with Crippen LogP contribution in [-0.2, 0) is 16.0 Å². The van der Waals surface area contributed by atoms with E-state index in [1.807, 2.05) is 19.1 Å². The van der Waals surface area contributed by atoms with E-state index in [1.165, 1.54) is 6.07 Å². The van der Waals surface area contributed by atoms with Gasteiger partial charge in [0, 0.05) is 38.7 Å². The van der Waals surface area contributed by atoms with Crippen molar-refractivity contribution in [1.82, 2.24) is 4.90 Å². The molecule has 1 fully saturated rings. The van der Waals surface area contributed by atoms with Crippen LogP contribution in [0.5, 0.6) is 0 Å². The van der Waals surface area contributed by atoms with Crippen molar-refractivity contribution in [2.75, 3.05) is 44.7 Å². The van der Waals surface area contributed by atoms with Crippen molar-refractivity contribution in [3.05, 3.63) is 39.7 Å². The first-order valence-corrected chi connectivity index (χ1v) is 8.15. The van der Waals surface area contributed by atoms with Crippen LogP contribution in [0.2, 0.25) is 0 Å². The maximum atomic E-state index is 12.5. The summed E-state index contributed by atoms with van der Waals surface area (Å²) in [4.78, 5) is 27.4. The van der Waals surface area contributed by atoms with Crippen LogP contribution in [0.25, 0.3) is 11.0 Å². The Bertz CT molecular complexity index is 791. The summed E-state index contributed by atoms with van der Waals surface area (Å²) in [6.45, 7) is 6.28. The number of nitrogens with zero attached hydrogens (tertiary/aromatic N) is 2. The zero-order valence-electron chi connectivity index (χ0n) is 14.1. The third-order valence-corrected chi connectivity index (χ3v) is 4.50. The van der Waals surface area contributed by atoms with Crippen LogP contribution in [0.3, 0.4) is 0 Å². The molecule has 1 aromatic carbocycles. The lowest BCUT2D eigenvalue weighted by atomic mass is 10.1. The Morgan fingerprint density at radius 2 is 2.00 bits per heavy atom. The molecular formula is C18H22N2O4. The molecule has 1 saturated heterocycles. The Kier molecular flexibility index (Phi) is 4.85. The second kappa shape index (κ2) is 7.05. The molecule has 0 N–H and O–H groups in total. The summed E-state index contributed by atoms with van der Waals surface area (Å²) in [5.74, 6) is 0.537. The number of likely N-dealkylation sites (N-methyl/N-ethyl adjacent to an activating group) is 1. The summed E-state index contributed by atoms with van der Waals surface area (Å²) in [6.07, 6.45) is 0.389. The molecule has 3 rings (SSSR count). The number of hydrogen-bond donors (Lipinski definition) is 0. The molecule has 0 radical (unpaired) electrons. The molecule has 2 heterocycles. The summed E-state index contributed by atoms with van der Waals surface area (Å²) >= 11 is 0. The van der Waals surface area contributed by atoms with Gasteiger partial charge < -0.3 is 19.0 Å². The number of benzene rings is 1. The summed E-state index contributed by atoms with van der Waals surface area (Å²) < 4.78 is 10.7. The fraction of sp³-hybridized carbons (Fsp3) is 0.444. The van der Waals surface area contributed by atoms with Gasteiger partial charge in [-0.3, -0.25) is 9.59 Å². The van der Waals surface area contributed by atoms with Gasteiger partial charge in [0.25, 0.3) is 6.47 Å². The van der Waals surface area contributed by atoms with Gasteiger partial charge in [-0.1, -0.05) is 6.07 Å². The third kappa shape index (κ3) is 3.28. The molecule has 0 saturated carbocycles. The van der Waals surface area contributed by atoms with Crippen molar-refractivity contribution < 1.29 is 13.9 Å². The largest absolute Gasteiger partial charge is 0.467 e. The Balaban J connectivity index is 2.03. The highest BCUT2D eigenvalue weighted by Gasteiger charge is 2.19. The molecule has 6 heteroatoms. The Morgan fingerprint density at radius 3 is 2.71 bits per heavy atom. The summed E-state index contributed by atoms with van der Waals surface area (Å²) in [5.41, 5.74) is 2.45. The molecule has 128 valence electrons. The average molecular weight is 330 g/mol. The number of ether oxygens (including phenoxy) is 1. The van der Waals surface area contributed by atoms with Crippen LogP contribution in [0.1, 0.15) is 11.3 Å². The standard InChI is InChI=1S/C18H22N2O4/c1-13-3-4-15(20-8-6-19(2)7-9-20)18-17(13)16(22)11-14(24-18)5-10-23-12-21/h3-4,11-12H,5-10H2,1-2H3. The van der Waals surface area contributed by atoms with E-state index in [-0.39, 0.29) is 12.0 Å². The van der Waals surface area contributed by atoms with Crippen LogP contribution in [0, 0.1) is 6.92 Å². The van der Waals surface area contributed by atoms with Gasteiger partial charge in [-0.25, -0.2) is 0 Å². The van der Waals surface area contributed by atoms with E-state index in [2.05, 4.69) is 16.8 Å². The van der Waals surface area contributed by atoms with Crippen LogP contribution < -0.4 is 10.3 Å². The number of piperazine rings is 1. The molecule has 0 unspecified atom stereocenters. The van der Waals surface area contributed by atoms with E-state index in [1.54, 1.807) is 0 Å². The van der Waals surface area contributed by atoms with Gasteiger partial charge in [-0.05, 0) is 25.6 Å². The quantitative estimate of drug-likeness (QED) is 0.612. The second-order valence-corrected chi connectivity index (χ2v) is 6.19. The van der Waals surface area contributed by atoms with Crippen LogP contribution in [0.4, 0.5) is 5.69 Å². The highest BCUT2D eigenvalue weighted by molar-refractivity contribution is 5.91. The normalized spacial score (nSPS) is 15.7. The second-order valence-electron chi connectivity index (χ2n) is 6.19. The molecule has 0 spiro atoms. The lowest BCUT2D eigenvalue weighted by Gasteiger charge is -2.34. The third-order valence-electron chi connectivity index (χ3n) is 4.50. The van der Waals surface area contributed by atoms with Gasteiger partial charge in [0.2, 0.25) is 0 Å². The molecule has 0 aliphatic carbocycles. The predicted molar refractivity (Wildman–Crippen MR) is 92.7 cm³/mol. The molecule has 0 amide bonds. The maximum Gasteiger partial charge on any atom is 0.293 e. The molecule has 24 heavy (non-hydrogen) atoms. The first-order chi connectivity index (χ1) is 11.6. The number of fused-ring (bicyclic) bond motifs is 1. The number of carbonyl (C=O) groups excluding carboxylic acids is 1. The minimum Gasteiger partial charge on any atom is -0.467 e. The summed E-state index contributed by atoms with van der Waals surface area (Å²) in [7, 11) is 2.11. The van der Waals surface area contributed by atoms with Crippen molar-refractivity contribution in [1.29, 1.82) is 0 Å². The topological polar surface area (TPSA) is 63.0 Å². The van der Waals surface area contributed by atoms with Crippen molar-refractivity contribution >= 4 is 23.1 Å². The first kappa shape index (κ1) is 16.5. The van der Waals surface area contributed by atoms with Gasteiger partial charge in [-0.15, -0.1) is 0 Å². The van der Waals surface area contributed by atoms with E-state index in [0.717, 1.165) is 37.4 Å². The lowest BCUT2D eigenvalue weighted by molar-refractivity contribution is -0.128. The average Bonchev–Trinajstić information content (AvgIpc) is 2.56. The number of rotatable bonds is 5. The molecular weight excluding hydrogens is 308 g/mol. The van der Waals surface area contributed by atoms with E-state index < -0.39 is 0 Å². The summed E-state index contributed by atoms with van der Waals surface area (Å²) in [6, 6.07) is 5.50. The van der Waals surface area contributed by atoms with Crippen molar-refractivity contribution in [3.8, 4) is 0 Å². The molecule has 6 nitrogen and oxygen atoms in total. The maximum absolute atomic E-state index is 12.5. The van der Waals surface area contributed by atoms with E-state index in [9.17, 15) is 9.59 Å². The van der Waals surface area contributed by atoms with E-state index in [0.29, 0.717) is 29.6 Å². The summed E-state index contributed by atoms with van der Waals surface area (Å²) in [5, 5.41) is 0.631. The molecule has 2 aromatic rings.